The van der Waals surface area contributed by atoms with Gasteiger partial charge < -0.3 is 10.4 Å². The number of amidine groups is 1. The number of carbonyl (C=O) groups is 2. The first-order chi connectivity index (χ1) is 9.27. The van der Waals surface area contributed by atoms with E-state index in [-0.39, 0.29) is 17.4 Å². The number of aromatic carboxylic acids is 1. The minimum atomic E-state index is -1.03. The molecule has 0 radical (unpaired) electrons. The number of carbonyl (C=O) groups excluding carboxylic acids is 1. The summed E-state index contributed by atoms with van der Waals surface area (Å²) in [5, 5.41) is 12.4. The summed E-state index contributed by atoms with van der Waals surface area (Å²) in [6, 6.07) is 5.01. The summed E-state index contributed by atoms with van der Waals surface area (Å²) in [5.41, 5.74) is 0.625. The second-order valence-electron chi connectivity index (χ2n) is 5.55. The Morgan fingerprint density at radius 2 is 2.05 bits per heavy atom. The van der Waals surface area contributed by atoms with Gasteiger partial charge in [0.25, 0.3) is 5.91 Å². The minimum absolute atomic E-state index is 0.0496. The van der Waals surface area contributed by atoms with E-state index in [1.165, 1.54) is 6.07 Å². The highest BCUT2D eigenvalue weighted by atomic mass is 16.4. The molecule has 1 aliphatic heterocycles. The molecule has 5 heteroatoms. The molecule has 1 aliphatic rings. The van der Waals surface area contributed by atoms with Crippen molar-refractivity contribution < 1.29 is 14.7 Å². The zero-order valence-corrected chi connectivity index (χ0v) is 12.0. The van der Waals surface area contributed by atoms with E-state index < -0.39 is 11.5 Å². The standard InChI is InChI=1S/C15H18N2O3/c1-8(2)15(4)14(20)16-12(17-15)11-9(3)6-5-7-10(11)13(18)19/h5-8H,1-4H3,(H,18,19)(H,16,17,20). The van der Waals surface area contributed by atoms with E-state index >= 15 is 0 Å². The summed E-state index contributed by atoms with van der Waals surface area (Å²) in [4.78, 5) is 27.5. The van der Waals surface area contributed by atoms with Gasteiger partial charge in [0.1, 0.15) is 11.4 Å². The van der Waals surface area contributed by atoms with Gasteiger partial charge in [0, 0.05) is 5.56 Å². The normalized spacial score (nSPS) is 21.9. The van der Waals surface area contributed by atoms with Crippen LogP contribution < -0.4 is 5.32 Å². The Morgan fingerprint density at radius 1 is 1.40 bits per heavy atom. The Kier molecular flexibility index (Phi) is 3.38. The van der Waals surface area contributed by atoms with Crippen LogP contribution in [0.1, 0.15) is 42.3 Å². The number of nitrogens with one attached hydrogen (secondary N) is 1. The molecule has 1 aromatic rings. The minimum Gasteiger partial charge on any atom is -0.478 e. The predicted molar refractivity (Wildman–Crippen MR) is 76.1 cm³/mol. The Hall–Kier alpha value is -2.17. The van der Waals surface area contributed by atoms with Crippen LogP contribution in [-0.4, -0.2) is 28.4 Å². The van der Waals surface area contributed by atoms with Crippen LogP contribution in [0.3, 0.4) is 0 Å². The van der Waals surface area contributed by atoms with Crippen LogP contribution in [-0.2, 0) is 4.79 Å². The summed E-state index contributed by atoms with van der Waals surface area (Å²) in [6.45, 7) is 7.45. The zero-order valence-electron chi connectivity index (χ0n) is 12.0. The summed E-state index contributed by atoms with van der Waals surface area (Å²) in [7, 11) is 0. The lowest BCUT2D eigenvalue weighted by Gasteiger charge is -2.27. The molecule has 20 heavy (non-hydrogen) atoms. The number of amides is 1. The molecule has 0 saturated carbocycles. The summed E-state index contributed by atoms with van der Waals surface area (Å²) in [6.07, 6.45) is 0. The Balaban J connectivity index is 2.53. The second-order valence-corrected chi connectivity index (χ2v) is 5.55. The van der Waals surface area contributed by atoms with Crippen molar-refractivity contribution in [2.24, 2.45) is 10.9 Å². The van der Waals surface area contributed by atoms with Crippen LogP contribution in [0.2, 0.25) is 0 Å². The van der Waals surface area contributed by atoms with E-state index in [1.807, 2.05) is 26.8 Å². The summed E-state index contributed by atoms with van der Waals surface area (Å²) < 4.78 is 0. The number of benzene rings is 1. The van der Waals surface area contributed by atoms with Crippen LogP contribution in [0.4, 0.5) is 0 Å². The SMILES string of the molecule is Cc1cccc(C(=O)O)c1C1=NC(=O)C(C)(C(C)C)N1. The third-order valence-electron chi connectivity index (χ3n) is 3.93. The molecule has 5 nitrogen and oxygen atoms in total. The molecule has 0 saturated heterocycles. The average Bonchev–Trinajstić information content (AvgIpc) is 2.66. The molecule has 1 amide bonds. The van der Waals surface area contributed by atoms with Gasteiger partial charge in [-0.25, -0.2) is 4.79 Å². The van der Waals surface area contributed by atoms with E-state index in [0.717, 1.165) is 5.56 Å². The number of hydrogen-bond donors (Lipinski definition) is 2. The smallest absolute Gasteiger partial charge is 0.336 e. The van der Waals surface area contributed by atoms with Crippen molar-refractivity contribution in [2.75, 3.05) is 0 Å². The van der Waals surface area contributed by atoms with Gasteiger partial charge in [-0.2, -0.15) is 4.99 Å². The maximum absolute atomic E-state index is 12.1. The quantitative estimate of drug-likeness (QED) is 0.883. The zero-order chi connectivity index (χ0) is 15.1. The number of carboxylic acids is 1. The highest BCUT2D eigenvalue weighted by Crippen LogP contribution is 2.26. The van der Waals surface area contributed by atoms with Crippen LogP contribution in [0.25, 0.3) is 0 Å². The molecule has 2 rings (SSSR count). The second kappa shape index (κ2) is 4.74. The third-order valence-corrected chi connectivity index (χ3v) is 3.93. The van der Waals surface area contributed by atoms with Gasteiger partial charge in [-0.15, -0.1) is 0 Å². The van der Waals surface area contributed by atoms with E-state index in [1.54, 1.807) is 13.0 Å². The Morgan fingerprint density at radius 3 is 2.55 bits per heavy atom. The number of nitrogens with zero attached hydrogens (tertiary/aromatic N) is 1. The van der Waals surface area contributed by atoms with E-state index in [2.05, 4.69) is 10.3 Å². The average molecular weight is 274 g/mol. The van der Waals surface area contributed by atoms with Crippen molar-refractivity contribution >= 4 is 17.7 Å². The van der Waals surface area contributed by atoms with Gasteiger partial charge in [-0.3, -0.25) is 4.79 Å². The Bertz CT molecular complexity index is 620. The van der Waals surface area contributed by atoms with Crippen molar-refractivity contribution in [1.29, 1.82) is 0 Å². The monoisotopic (exact) mass is 274 g/mol. The molecule has 0 spiro atoms. The molecule has 0 fully saturated rings. The third kappa shape index (κ3) is 2.09. The fourth-order valence-electron chi connectivity index (χ4n) is 2.22. The lowest BCUT2D eigenvalue weighted by Crippen LogP contribution is -2.50. The predicted octanol–water partition coefficient (Wildman–Crippen LogP) is 1.98. The van der Waals surface area contributed by atoms with Crippen molar-refractivity contribution in [1.82, 2.24) is 5.32 Å². The molecule has 1 unspecified atom stereocenters. The number of hydrogen-bond acceptors (Lipinski definition) is 3. The molecule has 1 atom stereocenters. The topological polar surface area (TPSA) is 78.8 Å². The van der Waals surface area contributed by atoms with E-state index in [9.17, 15) is 14.7 Å². The molecular weight excluding hydrogens is 256 g/mol. The van der Waals surface area contributed by atoms with E-state index in [4.69, 9.17) is 0 Å². The molecule has 2 N–H and O–H groups in total. The van der Waals surface area contributed by atoms with Crippen molar-refractivity contribution in [3.63, 3.8) is 0 Å². The molecule has 0 aromatic heterocycles. The van der Waals surface area contributed by atoms with Crippen LogP contribution in [0, 0.1) is 12.8 Å². The van der Waals surface area contributed by atoms with Crippen molar-refractivity contribution in [3.05, 3.63) is 34.9 Å². The fraction of sp³-hybridized carbons (Fsp3) is 0.400. The van der Waals surface area contributed by atoms with Gasteiger partial charge in [0.05, 0.1) is 5.56 Å². The van der Waals surface area contributed by atoms with Crippen LogP contribution in [0.5, 0.6) is 0 Å². The maximum Gasteiger partial charge on any atom is 0.336 e. The largest absolute Gasteiger partial charge is 0.478 e. The Labute approximate surface area is 117 Å². The van der Waals surface area contributed by atoms with Crippen LogP contribution >= 0.6 is 0 Å². The molecule has 0 bridgehead atoms. The number of aryl methyl sites for hydroxylation is 1. The van der Waals surface area contributed by atoms with E-state index in [0.29, 0.717) is 11.4 Å². The molecule has 1 heterocycles. The number of rotatable bonds is 3. The van der Waals surface area contributed by atoms with Crippen molar-refractivity contribution in [2.45, 2.75) is 33.2 Å². The molecular formula is C15H18N2O3. The number of aliphatic imine (C=N–C) groups is 1. The van der Waals surface area contributed by atoms with Gasteiger partial charge in [-0.1, -0.05) is 26.0 Å². The van der Waals surface area contributed by atoms with Gasteiger partial charge in [0.15, 0.2) is 0 Å². The molecule has 1 aromatic carbocycles. The van der Waals surface area contributed by atoms with Crippen molar-refractivity contribution in [3.8, 4) is 0 Å². The van der Waals surface area contributed by atoms with Gasteiger partial charge in [0.2, 0.25) is 0 Å². The lowest BCUT2D eigenvalue weighted by atomic mass is 9.88. The summed E-state index contributed by atoms with van der Waals surface area (Å²) in [5.74, 6) is -0.892. The first-order valence-electron chi connectivity index (χ1n) is 6.52. The highest BCUT2D eigenvalue weighted by molar-refractivity contribution is 6.17. The van der Waals surface area contributed by atoms with Crippen LogP contribution in [0.15, 0.2) is 23.2 Å². The lowest BCUT2D eigenvalue weighted by molar-refractivity contribution is -0.123. The van der Waals surface area contributed by atoms with Gasteiger partial charge >= 0.3 is 5.97 Å². The fourth-order valence-corrected chi connectivity index (χ4v) is 2.22. The highest BCUT2D eigenvalue weighted by Gasteiger charge is 2.43. The molecule has 0 aliphatic carbocycles. The first kappa shape index (κ1) is 14.2. The first-order valence-corrected chi connectivity index (χ1v) is 6.52. The number of carboxylic acid groups (broad SMARTS) is 1. The van der Waals surface area contributed by atoms with Gasteiger partial charge in [-0.05, 0) is 31.4 Å². The maximum atomic E-state index is 12.1. The summed E-state index contributed by atoms with van der Waals surface area (Å²) >= 11 is 0. The molecule has 106 valence electrons.